The fraction of sp³-hybridized carbons (Fsp3) is 1.00. The van der Waals surface area contributed by atoms with Crippen LogP contribution in [0, 0.1) is 5.21 Å². The summed E-state index contributed by atoms with van der Waals surface area (Å²) in [6.07, 6.45) is -15.1. The number of unbranched alkanes of at least 4 members (excludes halogenated alkanes) is 1. The molecule has 0 saturated carbocycles. The molecule has 24 heavy (non-hydrogen) atoms. The Balaban J connectivity index is 4.21. The quantitative estimate of drug-likeness (QED) is 0.249. The topological polar surface area (TPSA) is 66.4 Å². The second-order valence-electron chi connectivity index (χ2n) is 5.84. The minimum Gasteiger partial charge on any atom is -0.633 e. The van der Waals surface area contributed by atoms with Gasteiger partial charge in [0.1, 0.15) is 9.84 Å². The Bertz CT molecular complexity index is 455. The van der Waals surface area contributed by atoms with Gasteiger partial charge in [-0.25, -0.2) is 8.42 Å². The Morgan fingerprint density at radius 2 is 1.42 bits per heavy atom. The first-order valence-electron chi connectivity index (χ1n) is 7.04. The summed E-state index contributed by atoms with van der Waals surface area (Å²) in [4.78, 5) is 0. The molecule has 0 atom stereocenters. The molecule has 0 amide bonds. The molecule has 146 valence electrons. The van der Waals surface area contributed by atoms with Gasteiger partial charge in [-0.15, -0.1) is 0 Å². The van der Waals surface area contributed by atoms with E-state index in [1.807, 2.05) is 0 Å². The second kappa shape index (κ2) is 8.68. The number of hydrogen-bond donors (Lipinski definition) is 0. The van der Waals surface area contributed by atoms with Crippen molar-refractivity contribution in [3.63, 3.8) is 0 Å². The fourth-order valence-electron chi connectivity index (χ4n) is 1.77. The number of nitrogens with zero attached hydrogens (tertiary/aromatic N) is 1. The molecular formula is C12H21F6NO4S. The molecule has 0 aromatic rings. The maximum atomic E-state index is 12.2. The SMILES string of the molecule is C[N+](C)([O-])CCCCS(=O)(=O)CCCOC(C(F)(F)F)C(F)(F)F. The van der Waals surface area contributed by atoms with E-state index in [1.54, 1.807) is 0 Å². The van der Waals surface area contributed by atoms with Crippen LogP contribution in [0.4, 0.5) is 26.3 Å². The average Bonchev–Trinajstić information content (AvgIpc) is 2.30. The Kier molecular flexibility index (Phi) is 8.46. The van der Waals surface area contributed by atoms with E-state index in [0.717, 1.165) is 0 Å². The lowest BCUT2D eigenvalue weighted by molar-refractivity contribution is -0.840. The van der Waals surface area contributed by atoms with E-state index in [9.17, 15) is 40.0 Å². The first-order valence-corrected chi connectivity index (χ1v) is 8.86. The zero-order valence-electron chi connectivity index (χ0n) is 13.3. The van der Waals surface area contributed by atoms with Gasteiger partial charge in [-0.3, -0.25) is 0 Å². The van der Waals surface area contributed by atoms with E-state index in [4.69, 9.17) is 0 Å². The van der Waals surface area contributed by atoms with Gasteiger partial charge in [0, 0.05) is 6.61 Å². The molecule has 0 fully saturated rings. The molecule has 0 aliphatic rings. The normalized spacial score (nSPS) is 14.4. The molecule has 0 radical (unpaired) electrons. The molecule has 0 aromatic heterocycles. The van der Waals surface area contributed by atoms with Crippen LogP contribution in [0.3, 0.4) is 0 Å². The summed E-state index contributed by atoms with van der Waals surface area (Å²) in [6.45, 7) is -0.773. The second-order valence-corrected chi connectivity index (χ2v) is 8.15. The van der Waals surface area contributed by atoms with Crippen molar-refractivity contribution in [3.8, 4) is 0 Å². The summed E-state index contributed by atoms with van der Waals surface area (Å²) in [5, 5.41) is 11.3. The summed E-state index contributed by atoms with van der Waals surface area (Å²) >= 11 is 0. The van der Waals surface area contributed by atoms with Crippen molar-refractivity contribution in [3.05, 3.63) is 5.21 Å². The molecule has 0 aromatic carbocycles. The van der Waals surface area contributed by atoms with E-state index in [-0.39, 0.29) is 18.7 Å². The largest absolute Gasteiger partial charge is 0.633 e. The molecular weight excluding hydrogens is 368 g/mol. The smallest absolute Gasteiger partial charge is 0.423 e. The molecule has 0 saturated heterocycles. The number of ether oxygens (including phenoxy) is 1. The molecule has 0 bridgehead atoms. The van der Waals surface area contributed by atoms with Crippen LogP contribution in [0.5, 0.6) is 0 Å². The maximum absolute atomic E-state index is 12.2. The number of quaternary nitrogens is 1. The summed E-state index contributed by atoms with van der Waals surface area (Å²) in [7, 11) is -0.835. The standard InChI is InChI=1S/C12H21F6NO4S/c1-19(2,20)6-3-4-8-24(21,22)9-5-7-23-10(11(13,14)15)12(16,17)18/h10H,3-9H2,1-2H3. The van der Waals surface area contributed by atoms with Gasteiger partial charge in [0.15, 0.2) is 0 Å². The molecule has 0 aliphatic heterocycles. The van der Waals surface area contributed by atoms with Gasteiger partial charge < -0.3 is 14.6 Å². The number of rotatable bonds is 10. The summed E-state index contributed by atoms with van der Waals surface area (Å²) in [6, 6.07) is 0. The van der Waals surface area contributed by atoms with Crippen molar-refractivity contribution in [1.82, 2.24) is 0 Å². The summed E-state index contributed by atoms with van der Waals surface area (Å²) < 4.78 is 99.6. The molecule has 12 heteroatoms. The van der Waals surface area contributed by atoms with Gasteiger partial charge in [-0.2, -0.15) is 26.3 Å². The molecule has 0 aliphatic carbocycles. The van der Waals surface area contributed by atoms with Crippen molar-refractivity contribution in [2.75, 3.05) is 38.8 Å². The first-order chi connectivity index (χ1) is 10.5. The van der Waals surface area contributed by atoms with Gasteiger partial charge in [-0.1, -0.05) is 0 Å². The highest BCUT2D eigenvalue weighted by Crippen LogP contribution is 2.35. The highest BCUT2D eigenvalue weighted by atomic mass is 32.2. The predicted molar refractivity (Wildman–Crippen MR) is 74.7 cm³/mol. The third kappa shape index (κ3) is 11.0. The monoisotopic (exact) mass is 389 g/mol. The van der Waals surface area contributed by atoms with E-state index < -0.39 is 51.7 Å². The number of alkyl halides is 6. The minimum absolute atomic E-state index is 0.195. The Morgan fingerprint density at radius 3 is 1.83 bits per heavy atom. The van der Waals surface area contributed by atoms with Gasteiger partial charge in [0.05, 0.1) is 32.1 Å². The van der Waals surface area contributed by atoms with Crippen molar-refractivity contribution < 1.29 is 44.1 Å². The first kappa shape index (κ1) is 23.4. The molecule has 0 heterocycles. The van der Waals surface area contributed by atoms with Crippen LogP contribution in [0.25, 0.3) is 0 Å². The number of sulfone groups is 1. The summed E-state index contributed by atoms with van der Waals surface area (Å²) in [5.74, 6) is -0.861. The number of halogens is 6. The third-order valence-electron chi connectivity index (χ3n) is 2.88. The van der Waals surface area contributed by atoms with E-state index in [0.29, 0.717) is 6.42 Å². The van der Waals surface area contributed by atoms with Gasteiger partial charge in [0.25, 0.3) is 0 Å². The van der Waals surface area contributed by atoms with Crippen LogP contribution in [0.1, 0.15) is 19.3 Å². The number of hydroxylamine groups is 3. The average molecular weight is 389 g/mol. The van der Waals surface area contributed by atoms with E-state index in [1.165, 1.54) is 14.1 Å². The minimum atomic E-state index is -5.61. The van der Waals surface area contributed by atoms with Crippen LogP contribution in [0.15, 0.2) is 0 Å². The molecule has 5 nitrogen and oxygen atoms in total. The van der Waals surface area contributed by atoms with Crippen LogP contribution in [0.2, 0.25) is 0 Å². The fourth-order valence-corrected chi connectivity index (χ4v) is 3.18. The lowest BCUT2D eigenvalue weighted by atomic mass is 10.3. The van der Waals surface area contributed by atoms with Crippen LogP contribution < -0.4 is 0 Å². The van der Waals surface area contributed by atoms with E-state index >= 15 is 0 Å². The van der Waals surface area contributed by atoms with Crippen LogP contribution in [-0.2, 0) is 14.6 Å². The van der Waals surface area contributed by atoms with Gasteiger partial charge in [0.2, 0.25) is 6.10 Å². The molecule has 0 rings (SSSR count). The van der Waals surface area contributed by atoms with E-state index in [2.05, 4.69) is 4.74 Å². The Hall–Kier alpha value is -0.590. The Labute approximate surface area is 136 Å². The lowest BCUT2D eigenvalue weighted by Gasteiger charge is -2.33. The molecule has 0 N–H and O–H groups in total. The number of hydrogen-bond acceptors (Lipinski definition) is 4. The van der Waals surface area contributed by atoms with Crippen molar-refractivity contribution >= 4 is 9.84 Å². The predicted octanol–water partition coefficient (Wildman–Crippen LogP) is 2.66. The maximum Gasteiger partial charge on any atom is 0.423 e. The third-order valence-corrected chi connectivity index (χ3v) is 4.70. The van der Waals surface area contributed by atoms with Crippen LogP contribution in [-0.4, -0.2) is 70.3 Å². The van der Waals surface area contributed by atoms with Crippen molar-refractivity contribution in [2.24, 2.45) is 0 Å². The van der Waals surface area contributed by atoms with Gasteiger partial charge in [-0.05, 0) is 19.3 Å². The van der Waals surface area contributed by atoms with Crippen molar-refractivity contribution in [1.29, 1.82) is 0 Å². The zero-order valence-corrected chi connectivity index (χ0v) is 14.1. The Morgan fingerprint density at radius 1 is 0.958 bits per heavy atom. The van der Waals surface area contributed by atoms with Gasteiger partial charge >= 0.3 is 12.4 Å². The zero-order chi connectivity index (χ0) is 19.2. The highest BCUT2D eigenvalue weighted by Gasteiger charge is 2.57. The summed E-state index contributed by atoms with van der Waals surface area (Å²) in [5.41, 5.74) is 0. The highest BCUT2D eigenvalue weighted by molar-refractivity contribution is 7.91. The van der Waals surface area contributed by atoms with Crippen LogP contribution >= 0.6 is 0 Å². The van der Waals surface area contributed by atoms with Crippen molar-refractivity contribution in [2.45, 2.75) is 37.7 Å². The lowest BCUT2D eigenvalue weighted by Crippen LogP contribution is -2.44. The molecule has 0 unspecified atom stereocenters. The molecule has 0 spiro atoms.